The zero-order chi connectivity index (χ0) is 16.7. The minimum atomic E-state index is -0.0174. The van der Waals surface area contributed by atoms with Gasteiger partial charge in [0.15, 0.2) is 0 Å². The van der Waals surface area contributed by atoms with E-state index in [0.717, 1.165) is 27.7 Å². The topological polar surface area (TPSA) is 34.0 Å². The molecule has 0 saturated carbocycles. The van der Waals surface area contributed by atoms with Crippen molar-refractivity contribution in [1.29, 1.82) is 0 Å². The van der Waals surface area contributed by atoms with E-state index >= 15 is 0 Å². The van der Waals surface area contributed by atoms with Crippen molar-refractivity contribution in [3.8, 4) is 0 Å². The summed E-state index contributed by atoms with van der Waals surface area (Å²) in [7, 11) is 0. The number of benzene rings is 2. The van der Waals surface area contributed by atoms with Gasteiger partial charge in [0.2, 0.25) is 0 Å². The van der Waals surface area contributed by atoms with Crippen LogP contribution in [0.25, 0.3) is 10.9 Å². The Kier molecular flexibility index (Phi) is 4.14. The Morgan fingerprint density at radius 1 is 1.29 bits per heavy atom. The predicted octanol–water partition coefficient (Wildman–Crippen LogP) is 4.83. The Morgan fingerprint density at radius 2 is 2.12 bits per heavy atom. The van der Waals surface area contributed by atoms with Crippen LogP contribution in [0.1, 0.15) is 23.0 Å². The van der Waals surface area contributed by atoms with Gasteiger partial charge in [0.05, 0.1) is 5.52 Å². The molecule has 1 unspecified atom stereocenters. The first-order valence-electron chi connectivity index (χ1n) is 7.93. The van der Waals surface area contributed by atoms with Crippen molar-refractivity contribution in [2.75, 3.05) is 0 Å². The van der Waals surface area contributed by atoms with Gasteiger partial charge < -0.3 is 9.88 Å². The minimum Gasteiger partial charge on any atom is -0.347 e. The molecule has 0 aliphatic carbocycles. The summed E-state index contributed by atoms with van der Waals surface area (Å²) in [4.78, 5) is 14.0. The smallest absolute Gasteiger partial charge is 0.268 e. The fourth-order valence-corrected chi connectivity index (χ4v) is 4.79. The molecule has 1 aliphatic rings. The monoisotopic (exact) mass is 400 g/mol. The molecular formula is C19H17BrN2OS. The van der Waals surface area contributed by atoms with E-state index in [1.165, 1.54) is 10.4 Å². The van der Waals surface area contributed by atoms with Crippen LogP contribution >= 0.6 is 27.7 Å². The maximum atomic E-state index is 12.7. The summed E-state index contributed by atoms with van der Waals surface area (Å²) >= 11 is 5.35. The van der Waals surface area contributed by atoms with Gasteiger partial charge in [-0.15, -0.1) is 11.8 Å². The summed E-state index contributed by atoms with van der Waals surface area (Å²) in [6, 6.07) is 16.3. The molecule has 2 aromatic carbocycles. The first-order chi connectivity index (χ1) is 11.6. The van der Waals surface area contributed by atoms with Gasteiger partial charge in [-0.25, -0.2) is 0 Å². The molecule has 1 aliphatic heterocycles. The molecule has 5 heteroatoms. The highest BCUT2D eigenvalue weighted by Gasteiger charge is 2.23. The number of amides is 1. The third kappa shape index (κ3) is 2.87. The van der Waals surface area contributed by atoms with Gasteiger partial charge >= 0.3 is 0 Å². The number of nitrogens with zero attached hydrogens (tertiary/aromatic N) is 1. The van der Waals surface area contributed by atoms with E-state index in [2.05, 4.69) is 50.9 Å². The predicted molar refractivity (Wildman–Crippen MR) is 103 cm³/mol. The third-order valence-electron chi connectivity index (χ3n) is 4.23. The van der Waals surface area contributed by atoms with E-state index in [1.807, 2.05) is 42.1 Å². The molecule has 1 N–H and O–H groups in total. The van der Waals surface area contributed by atoms with E-state index in [4.69, 9.17) is 0 Å². The molecule has 2 heterocycles. The summed E-state index contributed by atoms with van der Waals surface area (Å²) in [5.41, 5.74) is 3.02. The van der Waals surface area contributed by atoms with E-state index in [9.17, 15) is 4.79 Å². The van der Waals surface area contributed by atoms with Crippen molar-refractivity contribution in [2.45, 2.75) is 30.2 Å². The third-order valence-corrected chi connectivity index (χ3v) is 5.85. The molecule has 0 spiro atoms. The number of halogens is 1. The first kappa shape index (κ1) is 15.8. The van der Waals surface area contributed by atoms with Crippen molar-refractivity contribution < 1.29 is 4.79 Å². The standard InChI is InChI=1S/C19H17BrN2OS/c1-12-11-22-16(9-14-5-3-7-17(24-12)18(14)22)19(23)21-10-13-4-2-6-15(20)8-13/h2-9,12H,10-11H2,1H3,(H,21,23). The molecule has 0 saturated heterocycles. The molecule has 1 amide bonds. The highest BCUT2D eigenvalue weighted by atomic mass is 79.9. The van der Waals surface area contributed by atoms with Crippen LogP contribution in [0.3, 0.4) is 0 Å². The Morgan fingerprint density at radius 3 is 2.96 bits per heavy atom. The van der Waals surface area contributed by atoms with Gasteiger partial charge in [0.1, 0.15) is 5.69 Å². The van der Waals surface area contributed by atoms with Gasteiger partial charge in [0.25, 0.3) is 5.91 Å². The van der Waals surface area contributed by atoms with Crippen molar-refractivity contribution in [1.82, 2.24) is 9.88 Å². The first-order valence-corrected chi connectivity index (χ1v) is 9.60. The summed E-state index contributed by atoms with van der Waals surface area (Å²) in [6.45, 7) is 3.59. The molecule has 3 nitrogen and oxygen atoms in total. The average molecular weight is 401 g/mol. The Balaban J connectivity index is 1.63. The molecule has 1 aromatic heterocycles. The molecule has 0 radical (unpaired) electrons. The fraction of sp³-hybridized carbons (Fsp3) is 0.211. The number of rotatable bonds is 3. The Hall–Kier alpha value is -1.72. The number of hydrogen-bond donors (Lipinski definition) is 1. The molecule has 3 aromatic rings. The lowest BCUT2D eigenvalue weighted by atomic mass is 10.2. The summed E-state index contributed by atoms with van der Waals surface area (Å²) < 4.78 is 3.19. The molecule has 1 atom stereocenters. The molecule has 24 heavy (non-hydrogen) atoms. The second-order valence-electron chi connectivity index (χ2n) is 6.08. The number of thioether (sulfide) groups is 1. The van der Waals surface area contributed by atoms with Crippen LogP contribution in [0.2, 0.25) is 0 Å². The lowest BCUT2D eigenvalue weighted by molar-refractivity contribution is 0.0942. The van der Waals surface area contributed by atoms with Crippen molar-refractivity contribution in [3.05, 3.63) is 64.3 Å². The van der Waals surface area contributed by atoms with Crippen LogP contribution < -0.4 is 5.32 Å². The zero-order valence-corrected chi connectivity index (χ0v) is 15.7. The fourth-order valence-electron chi connectivity index (χ4n) is 3.19. The molecule has 4 rings (SSSR count). The number of aromatic nitrogens is 1. The largest absolute Gasteiger partial charge is 0.347 e. The maximum absolute atomic E-state index is 12.7. The van der Waals surface area contributed by atoms with Crippen molar-refractivity contribution in [2.24, 2.45) is 0 Å². The van der Waals surface area contributed by atoms with Crippen LogP contribution in [0.5, 0.6) is 0 Å². The molecular weight excluding hydrogens is 384 g/mol. The Bertz CT molecular complexity index is 934. The van der Waals surface area contributed by atoms with Crippen LogP contribution in [0.15, 0.2) is 57.9 Å². The van der Waals surface area contributed by atoms with Gasteiger partial charge in [-0.1, -0.05) is 47.1 Å². The quantitative estimate of drug-likeness (QED) is 0.682. The second kappa shape index (κ2) is 6.30. The lowest BCUT2D eigenvalue weighted by Gasteiger charge is -2.22. The number of hydrogen-bond acceptors (Lipinski definition) is 2. The maximum Gasteiger partial charge on any atom is 0.268 e. The van der Waals surface area contributed by atoms with Crippen LogP contribution in [0, 0.1) is 0 Å². The molecule has 0 bridgehead atoms. The van der Waals surface area contributed by atoms with Gasteiger partial charge in [-0.2, -0.15) is 0 Å². The minimum absolute atomic E-state index is 0.0174. The number of carbonyl (C=O) groups excluding carboxylic acids is 1. The van der Waals surface area contributed by atoms with Crippen molar-refractivity contribution >= 4 is 44.5 Å². The highest BCUT2D eigenvalue weighted by Crippen LogP contribution is 2.38. The summed E-state index contributed by atoms with van der Waals surface area (Å²) in [5.74, 6) is -0.0174. The van der Waals surface area contributed by atoms with Gasteiger partial charge in [-0.3, -0.25) is 4.79 Å². The van der Waals surface area contributed by atoms with Crippen LogP contribution in [-0.4, -0.2) is 15.7 Å². The highest BCUT2D eigenvalue weighted by molar-refractivity contribution is 9.10. The van der Waals surface area contributed by atoms with Crippen LogP contribution in [0.4, 0.5) is 0 Å². The average Bonchev–Trinajstić information content (AvgIpc) is 2.93. The van der Waals surface area contributed by atoms with Crippen LogP contribution in [-0.2, 0) is 13.1 Å². The van der Waals surface area contributed by atoms with E-state index in [0.29, 0.717) is 11.8 Å². The normalized spacial score (nSPS) is 16.3. The SMILES string of the molecule is CC1Cn2c(C(=O)NCc3cccc(Br)c3)cc3cccc(c32)S1. The molecule has 122 valence electrons. The van der Waals surface area contributed by atoms with E-state index in [-0.39, 0.29) is 5.91 Å². The summed E-state index contributed by atoms with van der Waals surface area (Å²) in [5, 5.41) is 4.65. The zero-order valence-electron chi connectivity index (χ0n) is 13.3. The summed E-state index contributed by atoms with van der Waals surface area (Å²) in [6.07, 6.45) is 0. The lowest BCUT2D eigenvalue weighted by Crippen LogP contribution is -2.27. The number of para-hydroxylation sites is 1. The van der Waals surface area contributed by atoms with Gasteiger partial charge in [0, 0.05) is 33.1 Å². The van der Waals surface area contributed by atoms with E-state index < -0.39 is 0 Å². The number of nitrogens with one attached hydrogen (secondary N) is 1. The van der Waals surface area contributed by atoms with Crippen molar-refractivity contribution in [3.63, 3.8) is 0 Å². The number of carbonyl (C=O) groups is 1. The van der Waals surface area contributed by atoms with E-state index in [1.54, 1.807) is 0 Å². The second-order valence-corrected chi connectivity index (χ2v) is 8.47. The molecule has 0 fully saturated rings. The Labute approximate surface area is 153 Å². The van der Waals surface area contributed by atoms with Gasteiger partial charge in [-0.05, 0) is 29.8 Å².